The van der Waals surface area contributed by atoms with Crippen LogP contribution in [-0.4, -0.2) is 42.4 Å². The van der Waals surface area contributed by atoms with Crippen molar-refractivity contribution in [1.82, 2.24) is 15.4 Å². The van der Waals surface area contributed by atoms with Crippen molar-refractivity contribution in [2.24, 2.45) is 5.10 Å². The molecule has 0 spiro atoms. The van der Waals surface area contributed by atoms with Gasteiger partial charge in [0.25, 0.3) is 0 Å². The largest absolute Gasteiger partial charge is 0.352 e. The number of nitrogens with zero attached hydrogens (tertiary/aromatic N) is 3. The number of carbonyl (C=O) groups excluding carboxylic acids is 1. The topological polar surface area (TPSA) is 47.9 Å². The Balaban J connectivity index is 1.94. The lowest BCUT2D eigenvalue weighted by Gasteiger charge is -2.18. The van der Waals surface area contributed by atoms with E-state index in [9.17, 15) is 4.79 Å². The number of hydrazine groups is 1. The lowest BCUT2D eigenvalue weighted by molar-refractivity contribution is 0.176. The Kier molecular flexibility index (Phi) is 4.83. The summed E-state index contributed by atoms with van der Waals surface area (Å²) in [5, 5.41) is 8.32. The van der Waals surface area contributed by atoms with Crippen molar-refractivity contribution in [3.05, 3.63) is 70.7 Å². The van der Waals surface area contributed by atoms with Crippen LogP contribution in [0.2, 0.25) is 5.02 Å². The minimum absolute atomic E-state index is 0.0280. The van der Waals surface area contributed by atoms with E-state index >= 15 is 0 Å². The lowest BCUT2D eigenvalue weighted by atomic mass is 9.91. The molecule has 24 heavy (non-hydrogen) atoms. The molecule has 2 aromatic carbocycles. The second-order valence-corrected chi connectivity index (χ2v) is 6.29. The first-order valence-corrected chi connectivity index (χ1v) is 8.07. The SMILES string of the molecule is CN(C)NC(=O)N1CC(c2ccccc2)C(c2ccc(Cl)cc2)=N1. The van der Waals surface area contributed by atoms with Gasteiger partial charge in [0.15, 0.2) is 0 Å². The molecule has 0 saturated carbocycles. The Labute approximate surface area is 146 Å². The maximum atomic E-state index is 12.3. The first-order valence-electron chi connectivity index (χ1n) is 7.69. The predicted octanol–water partition coefficient (Wildman–Crippen LogP) is 3.33. The Morgan fingerprint density at radius 3 is 2.46 bits per heavy atom. The molecule has 1 N–H and O–H groups in total. The van der Waals surface area contributed by atoms with Gasteiger partial charge < -0.3 is 0 Å². The Hall–Kier alpha value is -2.37. The van der Waals surface area contributed by atoms with Gasteiger partial charge in [0.05, 0.1) is 12.3 Å². The Bertz CT molecular complexity index is 743. The van der Waals surface area contributed by atoms with Crippen LogP contribution >= 0.6 is 11.6 Å². The van der Waals surface area contributed by atoms with Crippen LogP contribution < -0.4 is 5.43 Å². The summed E-state index contributed by atoms with van der Waals surface area (Å²) in [4.78, 5) is 12.3. The monoisotopic (exact) mass is 342 g/mol. The fourth-order valence-corrected chi connectivity index (χ4v) is 2.83. The number of halogens is 1. The normalized spacial score (nSPS) is 17.1. The van der Waals surface area contributed by atoms with Crippen LogP contribution in [0.3, 0.4) is 0 Å². The van der Waals surface area contributed by atoms with Crippen molar-refractivity contribution < 1.29 is 4.79 Å². The van der Waals surface area contributed by atoms with Crippen LogP contribution in [0.1, 0.15) is 17.0 Å². The highest BCUT2D eigenvalue weighted by Crippen LogP contribution is 2.29. The minimum atomic E-state index is -0.245. The summed E-state index contributed by atoms with van der Waals surface area (Å²) in [5.41, 5.74) is 5.69. The third-order valence-corrected chi connectivity index (χ3v) is 4.06. The second kappa shape index (κ2) is 7.03. The van der Waals surface area contributed by atoms with Gasteiger partial charge in [0.2, 0.25) is 0 Å². The van der Waals surface area contributed by atoms with Crippen LogP contribution in [0.15, 0.2) is 59.7 Å². The molecule has 124 valence electrons. The van der Waals surface area contributed by atoms with Crippen LogP contribution in [-0.2, 0) is 0 Å². The summed E-state index contributed by atoms with van der Waals surface area (Å²) in [6, 6.07) is 17.4. The zero-order valence-electron chi connectivity index (χ0n) is 13.6. The molecular weight excluding hydrogens is 324 g/mol. The summed E-state index contributed by atoms with van der Waals surface area (Å²) >= 11 is 5.99. The van der Waals surface area contributed by atoms with E-state index in [2.05, 4.69) is 22.7 Å². The molecule has 0 aliphatic carbocycles. The molecule has 6 heteroatoms. The highest BCUT2D eigenvalue weighted by Gasteiger charge is 2.32. The predicted molar refractivity (Wildman–Crippen MR) is 96.1 cm³/mol. The third kappa shape index (κ3) is 3.58. The minimum Gasteiger partial charge on any atom is -0.269 e. The quantitative estimate of drug-likeness (QED) is 0.870. The van der Waals surface area contributed by atoms with Crippen LogP contribution in [0.5, 0.6) is 0 Å². The maximum Gasteiger partial charge on any atom is 0.352 e. The van der Waals surface area contributed by atoms with Gasteiger partial charge in [0.1, 0.15) is 0 Å². The number of urea groups is 1. The molecule has 2 aromatic rings. The maximum absolute atomic E-state index is 12.3. The number of hydrogen-bond donors (Lipinski definition) is 1. The van der Waals surface area contributed by atoms with E-state index < -0.39 is 0 Å². The van der Waals surface area contributed by atoms with E-state index in [-0.39, 0.29) is 11.9 Å². The lowest BCUT2D eigenvalue weighted by Crippen LogP contribution is -2.43. The highest BCUT2D eigenvalue weighted by atomic mass is 35.5. The van der Waals surface area contributed by atoms with E-state index in [1.807, 2.05) is 42.5 Å². The fourth-order valence-electron chi connectivity index (χ4n) is 2.71. The average molecular weight is 343 g/mol. The zero-order valence-corrected chi connectivity index (χ0v) is 14.4. The molecule has 5 nitrogen and oxygen atoms in total. The second-order valence-electron chi connectivity index (χ2n) is 5.85. The van der Waals surface area contributed by atoms with Gasteiger partial charge in [-0.15, -0.1) is 0 Å². The smallest absolute Gasteiger partial charge is 0.269 e. The molecule has 1 heterocycles. The van der Waals surface area contributed by atoms with Crippen LogP contribution in [0.25, 0.3) is 0 Å². The van der Waals surface area contributed by atoms with Crippen molar-refractivity contribution in [2.75, 3.05) is 20.6 Å². The van der Waals surface area contributed by atoms with Crippen LogP contribution in [0, 0.1) is 0 Å². The van der Waals surface area contributed by atoms with E-state index in [0.717, 1.165) is 16.8 Å². The number of hydrazone groups is 1. The molecule has 3 rings (SSSR count). The molecule has 0 fully saturated rings. The fraction of sp³-hybridized carbons (Fsp3) is 0.222. The van der Waals surface area contributed by atoms with E-state index in [0.29, 0.717) is 11.6 Å². The molecule has 1 aliphatic heterocycles. The standard InChI is InChI=1S/C18H19ClN4O/c1-22(2)21-18(24)23-12-16(13-6-4-3-5-7-13)17(20-23)14-8-10-15(19)11-9-14/h3-11,16H,12H2,1-2H3,(H,21,24). The van der Waals surface area contributed by atoms with Gasteiger partial charge in [-0.25, -0.2) is 14.8 Å². The number of benzene rings is 2. The van der Waals surface area contributed by atoms with Gasteiger partial charge in [-0.3, -0.25) is 5.43 Å². The number of carbonyl (C=O) groups is 1. The van der Waals surface area contributed by atoms with Gasteiger partial charge in [0, 0.05) is 25.0 Å². The average Bonchev–Trinajstić information content (AvgIpc) is 3.01. The van der Waals surface area contributed by atoms with E-state index in [1.54, 1.807) is 19.1 Å². The van der Waals surface area contributed by atoms with Gasteiger partial charge in [-0.05, 0) is 23.3 Å². The van der Waals surface area contributed by atoms with Crippen molar-refractivity contribution in [2.45, 2.75) is 5.92 Å². The molecular formula is C18H19ClN4O. The number of nitrogens with one attached hydrogen (secondary N) is 1. The number of amides is 2. The van der Waals surface area contributed by atoms with Crippen molar-refractivity contribution >= 4 is 23.3 Å². The van der Waals surface area contributed by atoms with Crippen molar-refractivity contribution in [3.8, 4) is 0 Å². The Morgan fingerprint density at radius 1 is 1.17 bits per heavy atom. The summed E-state index contributed by atoms with van der Waals surface area (Å²) in [5.74, 6) is 0.0280. The summed E-state index contributed by atoms with van der Waals surface area (Å²) in [7, 11) is 3.54. The van der Waals surface area contributed by atoms with Crippen LogP contribution in [0.4, 0.5) is 4.79 Å². The first-order chi connectivity index (χ1) is 11.5. The number of rotatable bonds is 3. The van der Waals surface area contributed by atoms with Gasteiger partial charge in [-0.1, -0.05) is 54.1 Å². The molecule has 1 unspecified atom stereocenters. The van der Waals surface area contributed by atoms with E-state index in [1.165, 1.54) is 5.01 Å². The summed E-state index contributed by atoms with van der Waals surface area (Å²) in [6.07, 6.45) is 0. The summed E-state index contributed by atoms with van der Waals surface area (Å²) in [6.45, 7) is 0.502. The zero-order chi connectivity index (χ0) is 17.1. The highest BCUT2D eigenvalue weighted by molar-refractivity contribution is 6.30. The molecule has 2 amide bonds. The molecule has 0 bridgehead atoms. The van der Waals surface area contributed by atoms with E-state index in [4.69, 9.17) is 11.6 Å². The van der Waals surface area contributed by atoms with Gasteiger partial charge in [-0.2, -0.15) is 5.10 Å². The Morgan fingerprint density at radius 2 is 1.83 bits per heavy atom. The summed E-state index contributed by atoms with van der Waals surface area (Å²) < 4.78 is 0. The first kappa shape index (κ1) is 16.5. The third-order valence-electron chi connectivity index (χ3n) is 3.81. The molecule has 0 radical (unpaired) electrons. The van der Waals surface area contributed by atoms with Gasteiger partial charge >= 0.3 is 6.03 Å². The van der Waals surface area contributed by atoms with Crippen molar-refractivity contribution in [1.29, 1.82) is 0 Å². The van der Waals surface area contributed by atoms with Crippen molar-refractivity contribution in [3.63, 3.8) is 0 Å². The molecule has 1 atom stereocenters. The number of hydrogen-bond acceptors (Lipinski definition) is 3. The molecule has 0 aromatic heterocycles. The molecule has 1 aliphatic rings. The molecule has 0 saturated heterocycles.